The van der Waals surface area contributed by atoms with Crippen LogP contribution in [0.1, 0.15) is 187 Å². The van der Waals surface area contributed by atoms with E-state index < -0.39 is 0 Å². The predicted octanol–water partition coefficient (Wildman–Crippen LogP) is 14.5. The minimum atomic E-state index is -0.176. The van der Waals surface area contributed by atoms with Gasteiger partial charge in [-0.15, -0.1) is 0 Å². The van der Waals surface area contributed by atoms with Crippen LogP contribution in [0.2, 0.25) is 0 Å². The van der Waals surface area contributed by atoms with Crippen molar-refractivity contribution < 1.29 is 0 Å². The third-order valence-corrected chi connectivity index (χ3v) is 17.3. The van der Waals surface area contributed by atoms with Crippen molar-refractivity contribution >= 4 is 38.1 Å². The maximum absolute atomic E-state index is 11.2. The predicted molar refractivity (Wildman–Crippen MR) is 236 cm³/mol. The molecular formula is C55H57N3. The molecule has 4 saturated carbocycles. The highest BCUT2D eigenvalue weighted by molar-refractivity contribution is 6.28. The molecule has 58 heavy (non-hydrogen) atoms. The summed E-state index contributed by atoms with van der Waals surface area (Å²) in [4.78, 5) is 0. The largest absolute Gasteiger partial charge is 0.308 e. The van der Waals surface area contributed by atoms with E-state index in [1.807, 2.05) is 0 Å². The van der Waals surface area contributed by atoms with Crippen molar-refractivity contribution in [2.45, 2.75) is 148 Å². The lowest BCUT2D eigenvalue weighted by Crippen LogP contribution is -2.35. The number of nitrogens with zero attached hydrogens (tertiary/aromatic N) is 3. The van der Waals surface area contributed by atoms with Crippen molar-refractivity contribution in [1.82, 2.24) is 4.40 Å². The minimum Gasteiger partial charge on any atom is -0.308 e. The zero-order chi connectivity index (χ0) is 39.4. The smallest absolute Gasteiger partial charge is 0.0995 e. The number of fused-ring (bicyclic) bond motifs is 10. The molecule has 292 valence electrons. The first-order chi connectivity index (χ1) is 27.8. The molecule has 0 N–H and O–H groups in total. The molecule has 0 aliphatic heterocycles. The number of hydrogen-bond acceptors (Lipinski definition) is 2. The summed E-state index contributed by atoms with van der Waals surface area (Å²) >= 11 is 0. The highest BCUT2D eigenvalue weighted by atomic mass is 14.9. The number of aromatic nitrogens is 1. The van der Waals surface area contributed by atoms with Crippen LogP contribution in [-0.2, 0) is 5.41 Å². The van der Waals surface area contributed by atoms with E-state index >= 15 is 0 Å². The molecule has 3 heteroatoms. The molecule has 9 aliphatic rings. The molecular weight excluding hydrogens is 703 g/mol. The van der Waals surface area contributed by atoms with Crippen LogP contribution in [0.25, 0.3) is 49.2 Å². The maximum Gasteiger partial charge on any atom is 0.0995 e. The van der Waals surface area contributed by atoms with Gasteiger partial charge in [0.2, 0.25) is 0 Å². The molecule has 0 spiro atoms. The second-order valence-corrected chi connectivity index (χ2v) is 23.6. The Bertz CT molecular complexity index is 2860. The highest BCUT2D eigenvalue weighted by Gasteiger charge is 2.52. The molecule has 2 aromatic heterocycles. The van der Waals surface area contributed by atoms with Crippen molar-refractivity contribution in [2.75, 3.05) is 0 Å². The van der Waals surface area contributed by atoms with Crippen LogP contribution in [0.4, 0.5) is 0 Å². The Hall–Kier alpha value is -4.34. The molecule has 4 unspecified atom stereocenters. The lowest BCUT2D eigenvalue weighted by molar-refractivity contribution is 0.166. The Morgan fingerprint density at radius 3 is 1.53 bits per heavy atom. The lowest BCUT2D eigenvalue weighted by Gasteiger charge is -2.42. The fourth-order valence-electron chi connectivity index (χ4n) is 16.8. The van der Waals surface area contributed by atoms with Crippen LogP contribution in [0.15, 0.2) is 42.5 Å². The summed E-state index contributed by atoms with van der Waals surface area (Å²) in [5.41, 5.74) is 17.6. The van der Waals surface area contributed by atoms with E-state index in [1.54, 1.807) is 11.1 Å². The van der Waals surface area contributed by atoms with E-state index in [0.717, 1.165) is 47.6 Å². The Morgan fingerprint density at radius 1 is 0.569 bits per heavy atom. The molecule has 4 atom stereocenters. The van der Waals surface area contributed by atoms with Gasteiger partial charge in [0.25, 0.3) is 0 Å². The SMILES string of the molecule is CC(C)(C)CC1(CC(C)(C)C)c2ccccc2-c2cc3c4c5c(c(C#N)cc4n4c6cc(C#N)c7c(c6c(c21)c34)C1CC2CC(CC7C2)C1)C1CC2CC(C1)CC5C2. The quantitative estimate of drug-likeness (QED) is 0.176. The summed E-state index contributed by atoms with van der Waals surface area (Å²) in [6.07, 6.45) is 15.0. The third-order valence-electron chi connectivity index (χ3n) is 17.3. The Labute approximate surface area is 344 Å². The molecule has 3 nitrogen and oxygen atoms in total. The average molecular weight is 760 g/mol. The van der Waals surface area contributed by atoms with E-state index in [1.165, 1.54) is 136 Å². The van der Waals surface area contributed by atoms with Crippen LogP contribution < -0.4 is 0 Å². The molecule has 0 radical (unpaired) electrons. The number of rotatable bonds is 2. The van der Waals surface area contributed by atoms with Gasteiger partial charge >= 0.3 is 0 Å². The standard InChI is InChI=1S/C55H57N3/c1-53(2,3)26-55(27-54(4,5)6)41-10-8-7-9-38(41)39-23-40-48-42(21-36(24-56)44-32-13-28-11-29(14-32)18-34(17-28)46(44)48)58-43-22-37(25-57)45-33-15-30-12-31(16-33)20-35(19-30)47(45)49(43)50(51(39)55)52(40)58/h7-10,21-23,28-35H,11-20,26-27H2,1-6H3. The first-order valence-electron chi connectivity index (χ1n) is 23.2. The van der Waals surface area contributed by atoms with Gasteiger partial charge in [-0.3, -0.25) is 0 Å². The van der Waals surface area contributed by atoms with Gasteiger partial charge in [0.05, 0.1) is 39.8 Å². The third kappa shape index (κ3) is 4.35. The van der Waals surface area contributed by atoms with Gasteiger partial charge in [-0.2, -0.15) is 10.5 Å². The summed E-state index contributed by atoms with van der Waals surface area (Å²) < 4.78 is 2.64. The Kier molecular flexibility index (Phi) is 6.59. The molecule has 2 heterocycles. The number of nitriles is 2. The Morgan fingerprint density at radius 2 is 1.03 bits per heavy atom. The fraction of sp³-hybridized carbons (Fsp3) is 0.527. The minimum absolute atomic E-state index is 0.0898. The molecule has 4 aromatic carbocycles. The van der Waals surface area contributed by atoms with Crippen molar-refractivity contribution in [2.24, 2.45) is 34.5 Å². The molecule has 6 aromatic rings. The van der Waals surface area contributed by atoms with Crippen molar-refractivity contribution in [3.8, 4) is 23.3 Å². The molecule has 4 fully saturated rings. The lowest BCUT2D eigenvalue weighted by atomic mass is 9.61. The Balaban J connectivity index is 1.29. The molecule has 9 aliphatic carbocycles. The van der Waals surface area contributed by atoms with Crippen molar-refractivity contribution in [3.63, 3.8) is 0 Å². The summed E-state index contributed by atoms with van der Waals surface area (Å²) in [5, 5.41) is 28.1. The molecule has 0 amide bonds. The molecule has 15 rings (SSSR count). The van der Waals surface area contributed by atoms with Crippen molar-refractivity contribution in [1.29, 1.82) is 10.5 Å². The summed E-state index contributed by atoms with van der Waals surface area (Å²) in [7, 11) is 0. The average Bonchev–Trinajstić information content (AvgIpc) is 3.64. The van der Waals surface area contributed by atoms with Crippen LogP contribution in [-0.4, -0.2) is 4.40 Å². The fourth-order valence-corrected chi connectivity index (χ4v) is 16.8. The molecule has 8 bridgehead atoms. The topological polar surface area (TPSA) is 52.0 Å². The van der Waals surface area contributed by atoms with E-state index in [9.17, 15) is 10.5 Å². The van der Waals surface area contributed by atoms with Gasteiger partial charge in [0, 0.05) is 27.0 Å². The number of hydrogen-bond donors (Lipinski definition) is 0. The second-order valence-electron chi connectivity index (χ2n) is 23.6. The van der Waals surface area contributed by atoms with E-state index in [4.69, 9.17) is 0 Å². The summed E-state index contributed by atoms with van der Waals surface area (Å²) in [6.45, 7) is 14.8. The second kappa shape index (κ2) is 11.1. The first-order valence-corrected chi connectivity index (χ1v) is 23.2. The summed E-state index contributed by atoms with van der Waals surface area (Å²) in [5.74, 6) is 5.07. The van der Waals surface area contributed by atoms with Gasteiger partial charge in [0.15, 0.2) is 0 Å². The van der Waals surface area contributed by atoms with E-state index in [-0.39, 0.29) is 16.2 Å². The van der Waals surface area contributed by atoms with E-state index in [2.05, 4.69) is 101 Å². The van der Waals surface area contributed by atoms with Crippen LogP contribution in [0.3, 0.4) is 0 Å². The van der Waals surface area contributed by atoms with Crippen LogP contribution in [0, 0.1) is 57.2 Å². The van der Waals surface area contributed by atoms with Gasteiger partial charge in [-0.05, 0) is 198 Å². The first kappa shape index (κ1) is 34.5. The highest BCUT2D eigenvalue weighted by Crippen LogP contribution is 2.66. The molecule has 0 saturated heterocycles. The van der Waals surface area contributed by atoms with Gasteiger partial charge in [-0.25, -0.2) is 0 Å². The summed E-state index contributed by atoms with van der Waals surface area (Å²) in [6, 6.07) is 22.6. The normalized spacial score (nSPS) is 29.8. The van der Waals surface area contributed by atoms with Crippen LogP contribution in [0.5, 0.6) is 0 Å². The maximum atomic E-state index is 11.2. The monoisotopic (exact) mass is 759 g/mol. The van der Waals surface area contributed by atoms with Gasteiger partial charge in [-0.1, -0.05) is 65.8 Å². The van der Waals surface area contributed by atoms with Gasteiger partial charge in [0.1, 0.15) is 0 Å². The van der Waals surface area contributed by atoms with E-state index in [0.29, 0.717) is 23.7 Å². The van der Waals surface area contributed by atoms with Crippen LogP contribution >= 0.6 is 0 Å². The zero-order valence-corrected chi connectivity index (χ0v) is 35.5. The zero-order valence-electron chi connectivity index (χ0n) is 35.5. The number of benzene rings is 4. The van der Waals surface area contributed by atoms with Crippen molar-refractivity contribution in [3.05, 3.63) is 87.0 Å². The van der Waals surface area contributed by atoms with Gasteiger partial charge < -0.3 is 4.40 Å².